The molecule has 18 heavy (non-hydrogen) atoms. The van der Waals surface area contributed by atoms with Crippen LogP contribution in [0.25, 0.3) is 11.4 Å². The highest BCUT2D eigenvalue weighted by Gasteiger charge is 2.11. The monoisotopic (exact) mass is 266 g/mol. The second-order valence-corrected chi connectivity index (χ2v) is 4.15. The lowest BCUT2D eigenvalue weighted by Gasteiger charge is -1.96. The first-order valence-electron chi connectivity index (χ1n) is 5.46. The Kier molecular flexibility index (Phi) is 3.94. The molecule has 0 aliphatic carbocycles. The number of aliphatic carboxylic acids is 1. The Labute approximate surface area is 108 Å². The van der Waals surface area contributed by atoms with Gasteiger partial charge in [-0.25, -0.2) is 0 Å². The Bertz CT molecular complexity index is 554. The lowest BCUT2D eigenvalue weighted by molar-refractivity contribution is -0.137. The smallest absolute Gasteiger partial charge is 0.303 e. The highest BCUT2D eigenvalue weighted by Crippen LogP contribution is 2.24. The molecule has 0 amide bonds. The van der Waals surface area contributed by atoms with E-state index in [0.29, 0.717) is 35.1 Å². The number of hydrogen-bond donors (Lipinski definition) is 1. The van der Waals surface area contributed by atoms with E-state index in [0.717, 1.165) is 0 Å². The SMILES string of the molecule is O=C(O)CCCc1nc(-c2ccccc2Cl)no1. The zero-order chi connectivity index (χ0) is 13.0. The fraction of sp³-hybridized carbons (Fsp3) is 0.250. The van der Waals surface area contributed by atoms with Gasteiger partial charge in [-0.1, -0.05) is 28.9 Å². The van der Waals surface area contributed by atoms with Crippen LogP contribution in [0.2, 0.25) is 5.02 Å². The summed E-state index contributed by atoms with van der Waals surface area (Å²) in [6, 6.07) is 7.20. The van der Waals surface area contributed by atoms with Gasteiger partial charge in [-0.2, -0.15) is 4.98 Å². The molecular formula is C12H11ClN2O3. The molecule has 0 saturated carbocycles. The van der Waals surface area contributed by atoms with Gasteiger partial charge in [0.25, 0.3) is 0 Å². The summed E-state index contributed by atoms with van der Waals surface area (Å²) in [7, 11) is 0. The number of aromatic nitrogens is 2. The van der Waals surface area contributed by atoms with Crippen molar-refractivity contribution in [2.45, 2.75) is 19.3 Å². The molecule has 1 N–H and O–H groups in total. The van der Waals surface area contributed by atoms with E-state index in [9.17, 15) is 4.79 Å². The summed E-state index contributed by atoms with van der Waals surface area (Å²) < 4.78 is 5.04. The van der Waals surface area contributed by atoms with Crippen molar-refractivity contribution < 1.29 is 14.4 Å². The zero-order valence-corrected chi connectivity index (χ0v) is 10.2. The summed E-state index contributed by atoms with van der Waals surface area (Å²) in [5.74, 6) is 0.0120. The molecule has 6 heteroatoms. The maximum atomic E-state index is 10.4. The van der Waals surface area contributed by atoms with Gasteiger partial charge >= 0.3 is 5.97 Å². The number of halogens is 1. The predicted molar refractivity (Wildman–Crippen MR) is 65.3 cm³/mol. The third-order valence-electron chi connectivity index (χ3n) is 2.36. The standard InChI is InChI=1S/C12H11ClN2O3/c13-9-5-2-1-4-8(9)12-14-10(18-15-12)6-3-7-11(16)17/h1-2,4-5H,3,6-7H2,(H,16,17). The van der Waals surface area contributed by atoms with Crippen molar-refractivity contribution in [3.05, 3.63) is 35.2 Å². The van der Waals surface area contributed by atoms with E-state index in [1.165, 1.54) is 0 Å². The molecule has 0 aliphatic rings. The van der Waals surface area contributed by atoms with Gasteiger partial charge in [-0.3, -0.25) is 4.79 Å². The van der Waals surface area contributed by atoms with E-state index in [-0.39, 0.29) is 6.42 Å². The average molecular weight is 267 g/mol. The maximum absolute atomic E-state index is 10.4. The van der Waals surface area contributed by atoms with Crippen LogP contribution in [0.3, 0.4) is 0 Å². The van der Waals surface area contributed by atoms with Crippen LogP contribution in [0.5, 0.6) is 0 Å². The van der Waals surface area contributed by atoms with Crippen LogP contribution in [-0.4, -0.2) is 21.2 Å². The Hall–Kier alpha value is -1.88. The topological polar surface area (TPSA) is 76.2 Å². The number of nitrogens with zero attached hydrogens (tertiary/aromatic N) is 2. The third kappa shape index (κ3) is 3.07. The van der Waals surface area contributed by atoms with Gasteiger partial charge < -0.3 is 9.63 Å². The van der Waals surface area contributed by atoms with Gasteiger partial charge in [-0.15, -0.1) is 0 Å². The highest BCUT2D eigenvalue weighted by atomic mass is 35.5. The van der Waals surface area contributed by atoms with Crippen molar-refractivity contribution in [2.24, 2.45) is 0 Å². The summed E-state index contributed by atoms with van der Waals surface area (Å²) >= 11 is 6.01. The van der Waals surface area contributed by atoms with Crippen molar-refractivity contribution in [3.63, 3.8) is 0 Å². The van der Waals surface area contributed by atoms with Gasteiger partial charge in [0, 0.05) is 18.4 Å². The van der Waals surface area contributed by atoms with Crippen LogP contribution in [0.1, 0.15) is 18.7 Å². The maximum Gasteiger partial charge on any atom is 0.303 e. The number of hydrogen-bond acceptors (Lipinski definition) is 4. The minimum atomic E-state index is -0.833. The molecule has 1 aromatic carbocycles. The normalized spacial score (nSPS) is 10.5. The van der Waals surface area contributed by atoms with Crippen LogP contribution in [0, 0.1) is 0 Å². The summed E-state index contributed by atoms with van der Waals surface area (Å²) in [4.78, 5) is 14.6. The molecule has 2 rings (SSSR count). The molecule has 0 aliphatic heterocycles. The van der Waals surface area contributed by atoms with Crippen LogP contribution in [-0.2, 0) is 11.2 Å². The molecular weight excluding hydrogens is 256 g/mol. The van der Waals surface area contributed by atoms with Gasteiger partial charge in [0.2, 0.25) is 11.7 Å². The summed E-state index contributed by atoms with van der Waals surface area (Å²) in [5.41, 5.74) is 0.701. The fourth-order valence-corrected chi connectivity index (χ4v) is 1.72. The molecule has 0 unspecified atom stereocenters. The van der Waals surface area contributed by atoms with Crippen LogP contribution < -0.4 is 0 Å². The van der Waals surface area contributed by atoms with Crippen LogP contribution >= 0.6 is 11.6 Å². The molecule has 5 nitrogen and oxygen atoms in total. The van der Waals surface area contributed by atoms with E-state index < -0.39 is 5.97 Å². The van der Waals surface area contributed by atoms with E-state index in [2.05, 4.69) is 10.1 Å². The Morgan fingerprint density at radius 2 is 2.17 bits per heavy atom. The minimum absolute atomic E-state index is 0.0871. The molecule has 0 spiro atoms. The summed E-state index contributed by atoms with van der Waals surface area (Å²) in [5, 5.41) is 12.9. The van der Waals surface area contributed by atoms with Crippen molar-refractivity contribution in [1.82, 2.24) is 10.1 Å². The van der Waals surface area contributed by atoms with E-state index in [4.69, 9.17) is 21.2 Å². The number of rotatable bonds is 5. The number of benzene rings is 1. The summed E-state index contributed by atoms with van der Waals surface area (Å²) in [6.45, 7) is 0. The number of aryl methyl sites for hydroxylation is 1. The van der Waals surface area contributed by atoms with Crippen molar-refractivity contribution in [1.29, 1.82) is 0 Å². The zero-order valence-electron chi connectivity index (χ0n) is 9.47. The largest absolute Gasteiger partial charge is 0.481 e. The second kappa shape index (κ2) is 5.64. The lowest BCUT2D eigenvalue weighted by Crippen LogP contribution is -1.96. The second-order valence-electron chi connectivity index (χ2n) is 3.74. The quantitative estimate of drug-likeness (QED) is 0.900. The summed E-state index contributed by atoms with van der Waals surface area (Å²) in [6.07, 6.45) is 1.01. The molecule has 0 fully saturated rings. The molecule has 0 atom stereocenters. The van der Waals surface area contributed by atoms with Gasteiger partial charge in [0.1, 0.15) is 0 Å². The fourth-order valence-electron chi connectivity index (χ4n) is 1.50. The predicted octanol–water partition coefficient (Wildman–Crippen LogP) is 2.80. The third-order valence-corrected chi connectivity index (χ3v) is 2.69. The van der Waals surface area contributed by atoms with Crippen molar-refractivity contribution in [2.75, 3.05) is 0 Å². The molecule has 0 radical (unpaired) electrons. The number of carboxylic acid groups (broad SMARTS) is 1. The average Bonchev–Trinajstić information content (AvgIpc) is 2.78. The molecule has 2 aromatic rings. The molecule has 0 bridgehead atoms. The Balaban J connectivity index is 2.06. The highest BCUT2D eigenvalue weighted by molar-refractivity contribution is 6.33. The van der Waals surface area contributed by atoms with E-state index >= 15 is 0 Å². The molecule has 0 saturated heterocycles. The van der Waals surface area contributed by atoms with Crippen molar-refractivity contribution in [3.8, 4) is 11.4 Å². The van der Waals surface area contributed by atoms with Gasteiger partial charge in [0.05, 0.1) is 5.02 Å². The molecule has 94 valence electrons. The van der Waals surface area contributed by atoms with Gasteiger partial charge in [-0.05, 0) is 18.6 Å². The van der Waals surface area contributed by atoms with Crippen LogP contribution in [0.4, 0.5) is 0 Å². The first kappa shape index (κ1) is 12.6. The van der Waals surface area contributed by atoms with E-state index in [1.807, 2.05) is 12.1 Å². The minimum Gasteiger partial charge on any atom is -0.481 e. The van der Waals surface area contributed by atoms with E-state index in [1.54, 1.807) is 12.1 Å². The first-order valence-corrected chi connectivity index (χ1v) is 5.84. The Morgan fingerprint density at radius 3 is 2.89 bits per heavy atom. The van der Waals surface area contributed by atoms with Crippen LogP contribution in [0.15, 0.2) is 28.8 Å². The number of carbonyl (C=O) groups is 1. The van der Waals surface area contributed by atoms with Crippen molar-refractivity contribution >= 4 is 17.6 Å². The first-order chi connectivity index (χ1) is 8.66. The molecule has 1 heterocycles. The van der Waals surface area contributed by atoms with Gasteiger partial charge in [0.15, 0.2) is 0 Å². The molecule has 1 aromatic heterocycles. The Morgan fingerprint density at radius 1 is 1.39 bits per heavy atom. The number of carboxylic acids is 1. The lowest BCUT2D eigenvalue weighted by atomic mass is 10.2.